The van der Waals surface area contributed by atoms with Crippen molar-refractivity contribution < 1.29 is 9.90 Å². The van der Waals surface area contributed by atoms with E-state index in [2.05, 4.69) is 10.3 Å². The third-order valence-electron chi connectivity index (χ3n) is 3.21. The maximum absolute atomic E-state index is 12.0. The van der Waals surface area contributed by atoms with Gasteiger partial charge in [0.2, 0.25) is 0 Å². The molecule has 0 aromatic carbocycles. The van der Waals surface area contributed by atoms with Gasteiger partial charge in [-0.1, -0.05) is 13.8 Å². The number of carbonyl (C=O) groups excluding carboxylic acids is 1. The summed E-state index contributed by atoms with van der Waals surface area (Å²) in [5.74, 6) is -0.185. The molecule has 4 nitrogen and oxygen atoms in total. The van der Waals surface area contributed by atoms with Gasteiger partial charge >= 0.3 is 0 Å². The lowest BCUT2D eigenvalue weighted by atomic mass is 9.93. The van der Waals surface area contributed by atoms with Crippen LogP contribution in [0.2, 0.25) is 0 Å². The fourth-order valence-electron chi connectivity index (χ4n) is 1.61. The van der Waals surface area contributed by atoms with Crippen molar-refractivity contribution in [3.63, 3.8) is 0 Å². The number of amides is 1. The van der Waals surface area contributed by atoms with Crippen LogP contribution < -0.4 is 5.32 Å². The molecule has 17 heavy (non-hydrogen) atoms. The molecule has 1 heterocycles. The molecule has 0 fully saturated rings. The third kappa shape index (κ3) is 3.27. The van der Waals surface area contributed by atoms with Crippen molar-refractivity contribution in [2.45, 2.75) is 39.2 Å². The van der Waals surface area contributed by atoms with E-state index in [1.807, 2.05) is 20.8 Å². The molecule has 0 spiro atoms. The summed E-state index contributed by atoms with van der Waals surface area (Å²) in [7, 11) is 0. The monoisotopic (exact) mass is 236 g/mol. The van der Waals surface area contributed by atoms with Crippen LogP contribution in [-0.2, 0) is 0 Å². The predicted octanol–water partition coefficient (Wildman–Crippen LogP) is 1.67. The van der Waals surface area contributed by atoms with Gasteiger partial charge < -0.3 is 10.4 Å². The minimum absolute atomic E-state index is 0.0506. The van der Waals surface area contributed by atoms with Crippen LogP contribution in [0.4, 0.5) is 0 Å². The Balaban J connectivity index is 2.81. The van der Waals surface area contributed by atoms with Crippen molar-refractivity contribution >= 4 is 5.91 Å². The second kappa shape index (κ2) is 5.77. The summed E-state index contributed by atoms with van der Waals surface area (Å²) in [6, 6.07) is 3.54. The van der Waals surface area contributed by atoms with Crippen molar-refractivity contribution in [2.24, 2.45) is 0 Å². The fourth-order valence-corrected chi connectivity index (χ4v) is 1.61. The van der Waals surface area contributed by atoms with Crippen LogP contribution in [0.15, 0.2) is 18.3 Å². The Kier molecular flexibility index (Phi) is 4.63. The van der Waals surface area contributed by atoms with Gasteiger partial charge in [-0.25, -0.2) is 0 Å². The van der Waals surface area contributed by atoms with E-state index in [-0.39, 0.29) is 12.5 Å². The van der Waals surface area contributed by atoms with Crippen LogP contribution in [0.5, 0.6) is 0 Å². The van der Waals surface area contributed by atoms with E-state index in [1.54, 1.807) is 18.3 Å². The molecule has 2 N–H and O–H groups in total. The van der Waals surface area contributed by atoms with E-state index in [9.17, 15) is 9.90 Å². The average Bonchev–Trinajstić information content (AvgIpc) is 2.37. The van der Waals surface area contributed by atoms with Crippen molar-refractivity contribution in [1.29, 1.82) is 0 Å². The molecule has 0 aliphatic carbocycles. The maximum Gasteiger partial charge on any atom is 0.253 e. The van der Waals surface area contributed by atoms with Crippen LogP contribution in [0, 0.1) is 6.92 Å². The molecule has 1 amide bonds. The zero-order valence-corrected chi connectivity index (χ0v) is 10.7. The molecular formula is C13H20N2O2. The van der Waals surface area contributed by atoms with Crippen LogP contribution in [0.1, 0.15) is 42.7 Å². The second-order valence-electron chi connectivity index (χ2n) is 4.29. The molecule has 0 bridgehead atoms. The van der Waals surface area contributed by atoms with Crippen molar-refractivity contribution in [3.8, 4) is 0 Å². The van der Waals surface area contributed by atoms with Gasteiger partial charge in [0.15, 0.2) is 0 Å². The number of nitrogens with one attached hydrogen (secondary N) is 1. The second-order valence-corrected chi connectivity index (χ2v) is 4.29. The van der Waals surface area contributed by atoms with E-state index in [4.69, 9.17) is 0 Å². The minimum atomic E-state index is -0.526. The topological polar surface area (TPSA) is 62.2 Å². The number of aryl methyl sites for hydroxylation is 1. The van der Waals surface area contributed by atoms with Gasteiger partial charge in [0.25, 0.3) is 5.91 Å². The van der Waals surface area contributed by atoms with Crippen LogP contribution in [0.25, 0.3) is 0 Å². The summed E-state index contributed by atoms with van der Waals surface area (Å²) < 4.78 is 0. The molecule has 0 aliphatic rings. The van der Waals surface area contributed by atoms with Crippen LogP contribution in [-0.4, -0.2) is 28.1 Å². The Morgan fingerprint density at radius 2 is 2.06 bits per heavy atom. The average molecular weight is 236 g/mol. The minimum Gasteiger partial charge on any atom is -0.394 e. The van der Waals surface area contributed by atoms with E-state index in [1.165, 1.54) is 0 Å². The number of hydrogen-bond donors (Lipinski definition) is 2. The molecule has 0 radical (unpaired) electrons. The zero-order chi connectivity index (χ0) is 12.9. The predicted molar refractivity (Wildman–Crippen MR) is 66.8 cm³/mol. The Bertz CT molecular complexity index is 361. The summed E-state index contributed by atoms with van der Waals surface area (Å²) in [6.45, 7) is 5.73. The molecule has 0 saturated carbocycles. The van der Waals surface area contributed by atoms with Gasteiger partial charge in [0, 0.05) is 11.9 Å². The first-order valence-electron chi connectivity index (χ1n) is 5.93. The van der Waals surface area contributed by atoms with E-state index >= 15 is 0 Å². The molecule has 1 aromatic rings. The number of aliphatic hydroxyl groups excluding tert-OH is 1. The SMILES string of the molecule is CCC(CC)(CO)NC(=O)c1ccc(C)nc1. The molecule has 4 heteroatoms. The lowest BCUT2D eigenvalue weighted by Crippen LogP contribution is -2.50. The first-order valence-corrected chi connectivity index (χ1v) is 5.93. The molecule has 1 aromatic heterocycles. The first kappa shape index (κ1) is 13.6. The van der Waals surface area contributed by atoms with Crippen LogP contribution >= 0.6 is 0 Å². The highest BCUT2D eigenvalue weighted by atomic mass is 16.3. The van der Waals surface area contributed by atoms with E-state index in [0.29, 0.717) is 18.4 Å². The molecule has 0 saturated heterocycles. The van der Waals surface area contributed by atoms with Crippen molar-refractivity contribution in [3.05, 3.63) is 29.6 Å². The fraction of sp³-hybridized carbons (Fsp3) is 0.538. The molecule has 0 unspecified atom stereocenters. The summed E-state index contributed by atoms with van der Waals surface area (Å²) in [4.78, 5) is 16.1. The van der Waals surface area contributed by atoms with Gasteiger partial charge in [-0.05, 0) is 31.9 Å². The highest BCUT2D eigenvalue weighted by Gasteiger charge is 2.27. The highest BCUT2D eigenvalue weighted by Crippen LogP contribution is 2.15. The molecule has 94 valence electrons. The number of aromatic nitrogens is 1. The Hall–Kier alpha value is -1.42. The van der Waals surface area contributed by atoms with Gasteiger partial charge in [-0.15, -0.1) is 0 Å². The van der Waals surface area contributed by atoms with Gasteiger partial charge in [-0.3, -0.25) is 9.78 Å². The quantitative estimate of drug-likeness (QED) is 0.817. The molecule has 0 aliphatic heterocycles. The Morgan fingerprint density at radius 1 is 1.41 bits per heavy atom. The number of aliphatic hydroxyl groups is 1. The Morgan fingerprint density at radius 3 is 2.47 bits per heavy atom. The van der Waals surface area contributed by atoms with Gasteiger partial charge in [0.1, 0.15) is 0 Å². The number of pyridine rings is 1. The Labute approximate surface area is 102 Å². The zero-order valence-electron chi connectivity index (χ0n) is 10.7. The maximum atomic E-state index is 12.0. The molecular weight excluding hydrogens is 216 g/mol. The van der Waals surface area contributed by atoms with E-state index < -0.39 is 5.54 Å². The lowest BCUT2D eigenvalue weighted by Gasteiger charge is -2.30. The number of carbonyl (C=O) groups is 1. The van der Waals surface area contributed by atoms with E-state index in [0.717, 1.165) is 5.69 Å². The van der Waals surface area contributed by atoms with Gasteiger partial charge in [-0.2, -0.15) is 0 Å². The first-order chi connectivity index (χ1) is 8.06. The summed E-state index contributed by atoms with van der Waals surface area (Å²) in [6.07, 6.45) is 2.95. The standard InChI is InChI=1S/C13H20N2O2/c1-4-13(5-2,9-16)15-12(17)11-7-6-10(3)14-8-11/h6-8,16H,4-5,9H2,1-3H3,(H,15,17). The van der Waals surface area contributed by atoms with Gasteiger partial charge in [0.05, 0.1) is 17.7 Å². The summed E-state index contributed by atoms with van der Waals surface area (Å²) in [5, 5.41) is 12.3. The third-order valence-corrected chi connectivity index (χ3v) is 3.21. The molecule has 1 rings (SSSR count). The smallest absolute Gasteiger partial charge is 0.253 e. The summed E-state index contributed by atoms with van der Waals surface area (Å²) >= 11 is 0. The number of hydrogen-bond acceptors (Lipinski definition) is 3. The van der Waals surface area contributed by atoms with Crippen molar-refractivity contribution in [1.82, 2.24) is 10.3 Å². The highest BCUT2D eigenvalue weighted by molar-refractivity contribution is 5.94. The number of nitrogens with zero attached hydrogens (tertiary/aromatic N) is 1. The molecule has 0 atom stereocenters. The number of rotatable bonds is 5. The summed E-state index contributed by atoms with van der Waals surface area (Å²) in [5.41, 5.74) is 0.874. The largest absolute Gasteiger partial charge is 0.394 e. The van der Waals surface area contributed by atoms with Crippen LogP contribution in [0.3, 0.4) is 0 Å². The lowest BCUT2D eigenvalue weighted by molar-refractivity contribution is 0.0817. The van der Waals surface area contributed by atoms with Crippen molar-refractivity contribution in [2.75, 3.05) is 6.61 Å². The normalized spacial score (nSPS) is 11.3.